The summed E-state index contributed by atoms with van der Waals surface area (Å²) < 4.78 is 4.66. The fourth-order valence-electron chi connectivity index (χ4n) is 0.674. The maximum Gasteiger partial charge on any atom is 0.340 e. The summed E-state index contributed by atoms with van der Waals surface area (Å²) in [6.07, 6.45) is 7.92. The molecule has 0 unspecified atom stereocenters. The Bertz CT molecular complexity index is 300. The number of terminal acetylenes is 1. The first-order valence-corrected chi connectivity index (χ1v) is 3.35. The smallest absolute Gasteiger partial charge is 0.340 e. The molecule has 1 rings (SSSR count). The van der Waals surface area contributed by atoms with Gasteiger partial charge < -0.3 is 4.74 Å². The van der Waals surface area contributed by atoms with Gasteiger partial charge in [-0.1, -0.05) is 5.92 Å². The molecule has 0 fully saturated rings. The predicted octanol–water partition coefficient (Wildman–Crippen LogP) is 0.872. The summed E-state index contributed by atoms with van der Waals surface area (Å²) in [5.41, 5.74) is 0.410. The monoisotopic (exact) mass is 161 g/mol. The summed E-state index contributed by atoms with van der Waals surface area (Å²) in [5, 5.41) is 0. The minimum Gasteiger partial charge on any atom is -0.449 e. The Balaban J connectivity index is 2.61. The standard InChI is InChI=1S/C9H7NO2/c1-2-6-12-9(11)8-4-3-5-10-7-8/h1,3-5,7H,6H2. The molecule has 0 amide bonds. The number of carbonyl (C=O) groups excluding carboxylic acids is 1. The van der Waals surface area contributed by atoms with Crippen molar-refractivity contribution < 1.29 is 9.53 Å². The van der Waals surface area contributed by atoms with Crippen molar-refractivity contribution in [2.75, 3.05) is 6.61 Å². The van der Waals surface area contributed by atoms with E-state index in [2.05, 4.69) is 15.6 Å². The van der Waals surface area contributed by atoms with E-state index >= 15 is 0 Å². The Morgan fingerprint density at radius 1 is 1.75 bits per heavy atom. The number of carbonyl (C=O) groups is 1. The topological polar surface area (TPSA) is 39.2 Å². The van der Waals surface area contributed by atoms with E-state index in [0.717, 1.165) is 0 Å². The summed E-state index contributed by atoms with van der Waals surface area (Å²) in [4.78, 5) is 14.8. The predicted molar refractivity (Wildman–Crippen MR) is 43.4 cm³/mol. The molecule has 1 aromatic rings. The third-order valence-electron chi connectivity index (χ3n) is 1.18. The Morgan fingerprint density at radius 3 is 3.17 bits per heavy atom. The average molecular weight is 161 g/mol. The van der Waals surface area contributed by atoms with Crippen LogP contribution in [0.1, 0.15) is 10.4 Å². The molecule has 12 heavy (non-hydrogen) atoms. The molecular formula is C9H7NO2. The second-order valence-corrected chi connectivity index (χ2v) is 2.02. The molecule has 0 aliphatic rings. The highest BCUT2D eigenvalue weighted by Gasteiger charge is 2.04. The molecule has 0 spiro atoms. The summed E-state index contributed by atoms with van der Waals surface area (Å²) in [7, 11) is 0. The Kier molecular flexibility index (Phi) is 2.86. The van der Waals surface area contributed by atoms with E-state index in [1.807, 2.05) is 0 Å². The highest BCUT2D eigenvalue weighted by Crippen LogP contribution is 1.97. The van der Waals surface area contributed by atoms with Gasteiger partial charge >= 0.3 is 5.97 Å². The molecule has 0 saturated heterocycles. The molecule has 1 aromatic heterocycles. The zero-order chi connectivity index (χ0) is 8.81. The molecule has 60 valence electrons. The fourth-order valence-corrected chi connectivity index (χ4v) is 0.674. The van der Waals surface area contributed by atoms with Crippen LogP contribution in [-0.2, 0) is 4.74 Å². The number of ether oxygens (including phenoxy) is 1. The minimum absolute atomic E-state index is 0.00622. The van der Waals surface area contributed by atoms with Crippen molar-refractivity contribution in [3.63, 3.8) is 0 Å². The van der Waals surface area contributed by atoms with Crippen LogP contribution in [0.4, 0.5) is 0 Å². The molecule has 0 atom stereocenters. The fraction of sp³-hybridized carbons (Fsp3) is 0.111. The number of nitrogens with zero attached hydrogens (tertiary/aromatic N) is 1. The van der Waals surface area contributed by atoms with E-state index in [0.29, 0.717) is 5.56 Å². The van der Waals surface area contributed by atoms with Crippen molar-refractivity contribution in [3.8, 4) is 12.3 Å². The van der Waals surface area contributed by atoms with Gasteiger partial charge in [0.15, 0.2) is 6.61 Å². The van der Waals surface area contributed by atoms with Crippen LogP contribution < -0.4 is 0 Å². The van der Waals surface area contributed by atoms with Gasteiger partial charge in [0.25, 0.3) is 0 Å². The Morgan fingerprint density at radius 2 is 2.58 bits per heavy atom. The van der Waals surface area contributed by atoms with Gasteiger partial charge in [0.2, 0.25) is 0 Å². The van der Waals surface area contributed by atoms with Crippen molar-refractivity contribution >= 4 is 5.97 Å². The van der Waals surface area contributed by atoms with Gasteiger partial charge in [-0.05, 0) is 12.1 Å². The molecule has 0 radical (unpaired) electrons. The van der Waals surface area contributed by atoms with E-state index in [4.69, 9.17) is 6.42 Å². The zero-order valence-corrected chi connectivity index (χ0v) is 6.36. The number of aromatic nitrogens is 1. The summed E-state index contributed by atoms with van der Waals surface area (Å²) in [6, 6.07) is 3.28. The van der Waals surface area contributed by atoms with Gasteiger partial charge in [0.05, 0.1) is 5.56 Å². The summed E-state index contributed by atoms with van der Waals surface area (Å²) in [5.74, 6) is 1.76. The average Bonchev–Trinajstić information content (AvgIpc) is 2.15. The summed E-state index contributed by atoms with van der Waals surface area (Å²) in [6.45, 7) is -0.00622. The van der Waals surface area contributed by atoms with Crippen molar-refractivity contribution in [2.45, 2.75) is 0 Å². The Labute approximate surface area is 70.4 Å². The van der Waals surface area contributed by atoms with Gasteiger partial charge in [-0.15, -0.1) is 6.42 Å². The van der Waals surface area contributed by atoms with Crippen LogP contribution >= 0.6 is 0 Å². The molecule has 0 aliphatic carbocycles. The highest BCUT2D eigenvalue weighted by atomic mass is 16.5. The molecule has 0 aromatic carbocycles. The van der Waals surface area contributed by atoms with E-state index in [1.165, 1.54) is 6.20 Å². The van der Waals surface area contributed by atoms with Crippen molar-refractivity contribution in [3.05, 3.63) is 30.1 Å². The first kappa shape index (κ1) is 8.28. The van der Waals surface area contributed by atoms with E-state index < -0.39 is 5.97 Å². The second-order valence-electron chi connectivity index (χ2n) is 2.02. The van der Waals surface area contributed by atoms with E-state index in [-0.39, 0.29) is 6.61 Å². The first-order chi connectivity index (χ1) is 5.84. The van der Waals surface area contributed by atoms with Crippen LogP contribution in [0.3, 0.4) is 0 Å². The zero-order valence-electron chi connectivity index (χ0n) is 6.36. The summed E-state index contributed by atoms with van der Waals surface area (Å²) >= 11 is 0. The van der Waals surface area contributed by atoms with Gasteiger partial charge in [-0.25, -0.2) is 4.79 Å². The SMILES string of the molecule is C#CCOC(=O)c1cccnc1. The lowest BCUT2D eigenvalue weighted by atomic mass is 10.3. The molecule has 0 N–H and O–H groups in total. The van der Waals surface area contributed by atoms with Crippen LogP contribution in [0.2, 0.25) is 0 Å². The minimum atomic E-state index is -0.443. The lowest BCUT2D eigenvalue weighted by Crippen LogP contribution is -2.05. The van der Waals surface area contributed by atoms with Crippen LogP contribution in [0.15, 0.2) is 24.5 Å². The van der Waals surface area contributed by atoms with Gasteiger partial charge in [0.1, 0.15) is 0 Å². The number of hydrogen-bond donors (Lipinski definition) is 0. The normalized spacial score (nSPS) is 8.58. The first-order valence-electron chi connectivity index (χ1n) is 3.35. The number of rotatable bonds is 2. The number of pyridine rings is 1. The maximum absolute atomic E-state index is 11.0. The molecule has 3 nitrogen and oxygen atoms in total. The van der Waals surface area contributed by atoms with Crippen LogP contribution in [0, 0.1) is 12.3 Å². The van der Waals surface area contributed by atoms with Gasteiger partial charge in [-0.3, -0.25) is 4.98 Å². The third kappa shape index (κ3) is 2.10. The lowest BCUT2D eigenvalue weighted by molar-refractivity contribution is 0.0556. The molecule has 0 bridgehead atoms. The number of hydrogen-bond acceptors (Lipinski definition) is 3. The van der Waals surface area contributed by atoms with Crippen molar-refractivity contribution in [2.24, 2.45) is 0 Å². The van der Waals surface area contributed by atoms with Crippen molar-refractivity contribution in [1.82, 2.24) is 4.98 Å². The third-order valence-corrected chi connectivity index (χ3v) is 1.18. The van der Waals surface area contributed by atoms with Gasteiger partial charge in [-0.2, -0.15) is 0 Å². The van der Waals surface area contributed by atoms with Gasteiger partial charge in [0, 0.05) is 12.4 Å². The molecule has 0 aliphatic heterocycles. The van der Waals surface area contributed by atoms with Crippen LogP contribution in [0.5, 0.6) is 0 Å². The Hall–Kier alpha value is -1.82. The second kappa shape index (κ2) is 4.14. The molecule has 0 saturated carbocycles. The maximum atomic E-state index is 11.0. The van der Waals surface area contributed by atoms with E-state index in [9.17, 15) is 4.79 Å². The quantitative estimate of drug-likeness (QED) is 0.477. The lowest BCUT2D eigenvalue weighted by Gasteiger charge is -1.98. The largest absolute Gasteiger partial charge is 0.449 e. The van der Waals surface area contributed by atoms with E-state index in [1.54, 1.807) is 18.3 Å². The molecule has 1 heterocycles. The number of esters is 1. The van der Waals surface area contributed by atoms with Crippen molar-refractivity contribution in [1.29, 1.82) is 0 Å². The molecule has 3 heteroatoms. The van der Waals surface area contributed by atoms with Crippen LogP contribution in [0.25, 0.3) is 0 Å². The molecular weight excluding hydrogens is 154 g/mol. The van der Waals surface area contributed by atoms with Crippen LogP contribution in [-0.4, -0.2) is 17.6 Å². The highest BCUT2D eigenvalue weighted by molar-refractivity contribution is 5.88.